The van der Waals surface area contributed by atoms with Crippen LogP contribution < -0.4 is 10.6 Å². The SMILES string of the molecule is CCCC(CCO)CNC(=NCc1c(CC)noc1CC)NCC. The lowest BCUT2D eigenvalue weighted by molar-refractivity contribution is 0.251. The lowest BCUT2D eigenvalue weighted by Gasteiger charge is -2.18. The molecule has 0 bridgehead atoms. The summed E-state index contributed by atoms with van der Waals surface area (Å²) in [6.07, 6.45) is 4.75. The molecule has 0 aliphatic heterocycles. The van der Waals surface area contributed by atoms with E-state index in [-0.39, 0.29) is 6.61 Å². The summed E-state index contributed by atoms with van der Waals surface area (Å²) in [7, 11) is 0. The summed E-state index contributed by atoms with van der Waals surface area (Å²) in [5, 5.41) is 20.0. The van der Waals surface area contributed by atoms with Crippen LogP contribution in [0.1, 0.15) is 64.0 Å². The predicted octanol–water partition coefficient (Wildman–Crippen LogP) is 2.65. The molecule has 0 aromatic carbocycles. The molecule has 6 nitrogen and oxygen atoms in total. The second-order valence-corrected chi connectivity index (χ2v) is 5.98. The Bertz CT molecular complexity index is 458. The van der Waals surface area contributed by atoms with Crippen molar-refractivity contribution in [3.05, 3.63) is 17.0 Å². The summed E-state index contributed by atoms with van der Waals surface area (Å²) in [4.78, 5) is 4.70. The molecular weight excluding hydrogens is 304 g/mol. The molecule has 0 amide bonds. The third-order valence-corrected chi connectivity index (χ3v) is 4.14. The maximum atomic E-state index is 9.18. The summed E-state index contributed by atoms with van der Waals surface area (Å²) in [5.74, 6) is 2.20. The van der Waals surface area contributed by atoms with Gasteiger partial charge < -0.3 is 20.3 Å². The van der Waals surface area contributed by atoms with E-state index in [1.165, 1.54) is 0 Å². The Morgan fingerprint density at radius 1 is 1.17 bits per heavy atom. The minimum absolute atomic E-state index is 0.237. The van der Waals surface area contributed by atoms with Crippen LogP contribution in [-0.4, -0.2) is 35.9 Å². The van der Waals surface area contributed by atoms with Gasteiger partial charge >= 0.3 is 0 Å². The Morgan fingerprint density at radius 2 is 1.96 bits per heavy atom. The van der Waals surface area contributed by atoms with Crippen LogP contribution in [-0.2, 0) is 19.4 Å². The monoisotopic (exact) mass is 338 g/mol. The van der Waals surface area contributed by atoms with Crippen molar-refractivity contribution in [1.82, 2.24) is 15.8 Å². The van der Waals surface area contributed by atoms with Gasteiger partial charge in [0.05, 0.1) is 12.2 Å². The van der Waals surface area contributed by atoms with Crippen molar-refractivity contribution in [2.24, 2.45) is 10.9 Å². The highest BCUT2D eigenvalue weighted by molar-refractivity contribution is 5.79. The average molecular weight is 338 g/mol. The normalized spacial score (nSPS) is 13.1. The van der Waals surface area contributed by atoms with E-state index in [4.69, 9.17) is 9.52 Å². The summed E-state index contributed by atoms with van der Waals surface area (Å²) in [5.41, 5.74) is 2.10. The van der Waals surface area contributed by atoms with E-state index in [1.54, 1.807) is 0 Å². The van der Waals surface area contributed by atoms with Crippen molar-refractivity contribution < 1.29 is 9.63 Å². The van der Waals surface area contributed by atoms with Crippen LogP contribution in [0.5, 0.6) is 0 Å². The van der Waals surface area contributed by atoms with Crippen LogP contribution >= 0.6 is 0 Å². The van der Waals surface area contributed by atoms with Gasteiger partial charge in [0, 0.05) is 31.7 Å². The van der Waals surface area contributed by atoms with Gasteiger partial charge in [-0.1, -0.05) is 32.3 Å². The highest BCUT2D eigenvalue weighted by Crippen LogP contribution is 2.16. The number of rotatable bonds is 11. The van der Waals surface area contributed by atoms with Crippen LogP contribution in [0.25, 0.3) is 0 Å². The Morgan fingerprint density at radius 3 is 2.54 bits per heavy atom. The largest absolute Gasteiger partial charge is 0.396 e. The lowest BCUT2D eigenvalue weighted by atomic mass is 10.0. The van der Waals surface area contributed by atoms with E-state index < -0.39 is 0 Å². The summed E-state index contributed by atoms with van der Waals surface area (Å²) >= 11 is 0. The zero-order valence-corrected chi connectivity index (χ0v) is 15.7. The van der Waals surface area contributed by atoms with Gasteiger partial charge in [-0.15, -0.1) is 0 Å². The standard InChI is InChI=1S/C18H34N4O2/c1-5-9-14(10-11-23)12-20-18(19-8-4)21-13-15-16(6-2)22-24-17(15)7-3/h14,23H,5-13H2,1-4H3,(H2,19,20,21). The number of nitrogens with zero attached hydrogens (tertiary/aromatic N) is 2. The van der Waals surface area contributed by atoms with E-state index in [9.17, 15) is 5.11 Å². The summed E-state index contributed by atoms with van der Waals surface area (Å²) in [6.45, 7) is 10.8. The van der Waals surface area contributed by atoms with E-state index in [1.807, 2.05) is 0 Å². The molecule has 6 heteroatoms. The Hall–Kier alpha value is -1.56. The molecule has 138 valence electrons. The fourth-order valence-corrected chi connectivity index (χ4v) is 2.80. The molecule has 0 saturated carbocycles. The third kappa shape index (κ3) is 6.51. The van der Waals surface area contributed by atoms with Crippen LogP contribution in [0, 0.1) is 5.92 Å². The molecule has 0 radical (unpaired) electrons. The zero-order valence-electron chi connectivity index (χ0n) is 15.7. The predicted molar refractivity (Wildman–Crippen MR) is 98.2 cm³/mol. The van der Waals surface area contributed by atoms with Crippen LogP contribution in [0.15, 0.2) is 9.52 Å². The number of aromatic nitrogens is 1. The first-order chi connectivity index (χ1) is 11.7. The molecule has 1 aromatic rings. The summed E-state index contributed by atoms with van der Waals surface area (Å²) < 4.78 is 5.40. The van der Waals surface area contributed by atoms with Gasteiger partial charge in [-0.05, 0) is 32.1 Å². The van der Waals surface area contributed by atoms with Crippen molar-refractivity contribution in [3.8, 4) is 0 Å². The first kappa shape index (κ1) is 20.5. The number of aryl methyl sites for hydroxylation is 2. The molecule has 0 fully saturated rings. The molecule has 24 heavy (non-hydrogen) atoms. The van der Waals surface area contributed by atoms with Crippen molar-refractivity contribution in [2.75, 3.05) is 19.7 Å². The van der Waals surface area contributed by atoms with Gasteiger partial charge in [0.15, 0.2) is 5.96 Å². The number of aliphatic hydroxyl groups excluding tert-OH is 1. The van der Waals surface area contributed by atoms with Gasteiger partial charge in [0.2, 0.25) is 0 Å². The number of aliphatic hydroxyl groups is 1. The molecule has 3 N–H and O–H groups in total. The fraction of sp³-hybridized carbons (Fsp3) is 0.778. The molecule has 1 rings (SSSR count). The molecule has 1 heterocycles. The molecule has 1 unspecified atom stereocenters. The van der Waals surface area contributed by atoms with Crippen LogP contribution in [0.2, 0.25) is 0 Å². The van der Waals surface area contributed by atoms with Crippen molar-refractivity contribution in [1.29, 1.82) is 0 Å². The number of guanidine groups is 1. The van der Waals surface area contributed by atoms with E-state index in [2.05, 4.69) is 43.5 Å². The molecule has 0 spiro atoms. The van der Waals surface area contributed by atoms with Crippen molar-refractivity contribution >= 4 is 5.96 Å². The number of hydrogen-bond donors (Lipinski definition) is 3. The molecule has 1 atom stereocenters. The van der Waals surface area contributed by atoms with E-state index in [0.717, 1.165) is 68.2 Å². The Kier molecular flexibility index (Phi) is 10.2. The number of aliphatic imine (C=N–C) groups is 1. The first-order valence-electron chi connectivity index (χ1n) is 9.29. The molecule has 1 aromatic heterocycles. The molecule has 0 aliphatic carbocycles. The second-order valence-electron chi connectivity index (χ2n) is 5.98. The van der Waals surface area contributed by atoms with Crippen molar-refractivity contribution in [2.45, 2.75) is 66.3 Å². The van der Waals surface area contributed by atoms with E-state index in [0.29, 0.717) is 12.5 Å². The minimum Gasteiger partial charge on any atom is -0.396 e. The molecule has 0 aliphatic rings. The van der Waals surface area contributed by atoms with Crippen molar-refractivity contribution in [3.63, 3.8) is 0 Å². The lowest BCUT2D eigenvalue weighted by Crippen LogP contribution is -2.40. The van der Waals surface area contributed by atoms with Gasteiger partial charge in [-0.3, -0.25) is 0 Å². The Balaban J connectivity index is 2.73. The highest BCUT2D eigenvalue weighted by atomic mass is 16.5. The van der Waals surface area contributed by atoms with Gasteiger partial charge in [0.1, 0.15) is 5.76 Å². The highest BCUT2D eigenvalue weighted by Gasteiger charge is 2.13. The average Bonchev–Trinajstić information content (AvgIpc) is 2.99. The van der Waals surface area contributed by atoms with Crippen LogP contribution in [0.4, 0.5) is 0 Å². The third-order valence-electron chi connectivity index (χ3n) is 4.14. The second kappa shape index (κ2) is 11.9. The minimum atomic E-state index is 0.237. The van der Waals surface area contributed by atoms with E-state index >= 15 is 0 Å². The smallest absolute Gasteiger partial charge is 0.191 e. The molecule has 0 saturated heterocycles. The first-order valence-corrected chi connectivity index (χ1v) is 9.29. The maximum Gasteiger partial charge on any atom is 0.191 e. The topological polar surface area (TPSA) is 82.7 Å². The summed E-state index contributed by atoms with van der Waals surface area (Å²) in [6, 6.07) is 0. The van der Waals surface area contributed by atoms with Crippen LogP contribution in [0.3, 0.4) is 0 Å². The fourth-order valence-electron chi connectivity index (χ4n) is 2.80. The van der Waals surface area contributed by atoms with Gasteiger partial charge in [0.25, 0.3) is 0 Å². The Labute approximate surface area is 146 Å². The number of hydrogen-bond acceptors (Lipinski definition) is 4. The quantitative estimate of drug-likeness (QED) is 0.427. The molecular formula is C18H34N4O2. The zero-order chi connectivity index (χ0) is 17.8. The number of nitrogens with one attached hydrogen (secondary N) is 2. The maximum absolute atomic E-state index is 9.18. The van der Waals surface area contributed by atoms with Gasteiger partial charge in [-0.25, -0.2) is 4.99 Å². The van der Waals surface area contributed by atoms with Gasteiger partial charge in [-0.2, -0.15) is 0 Å².